The van der Waals surface area contributed by atoms with Gasteiger partial charge in [-0.3, -0.25) is 9.36 Å². The summed E-state index contributed by atoms with van der Waals surface area (Å²) in [6.45, 7) is 8.02. The molecule has 9 nitrogen and oxygen atoms in total. The van der Waals surface area contributed by atoms with E-state index in [9.17, 15) is 5.11 Å². The molecule has 1 fully saturated rings. The molecule has 33 heavy (non-hydrogen) atoms. The molecule has 0 unspecified atom stereocenters. The predicted molar refractivity (Wildman–Crippen MR) is 127 cm³/mol. The Morgan fingerprint density at radius 2 is 1.76 bits per heavy atom. The van der Waals surface area contributed by atoms with Gasteiger partial charge >= 0.3 is 0 Å². The van der Waals surface area contributed by atoms with Crippen LogP contribution in [0.5, 0.6) is 0 Å². The third-order valence-corrected chi connectivity index (χ3v) is 6.71. The fourth-order valence-corrected chi connectivity index (χ4v) is 4.61. The van der Waals surface area contributed by atoms with Gasteiger partial charge in [0.1, 0.15) is 0 Å². The molecule has 1 N–H and O–H groups in total. The number of fused-ring (bicyclic) bond motifs is 1. The summed E-state index contributed by atoms with van der Waals surface area (Å²) in [5.74, 6) is 0. The summed E-state index contributed by atoms with van der Waals surface area (Å²) >= 11 is 0. The van der Waals surface area contributed by atoms with E-state index in [1.165, 1.54) is 0 Å². The van der Waals surface area contributed by atoms with E-state index < -0.39 is 0 Å². The number of aliphatic hydroxyl groups excluding tert-OH is 1. The molecule has 5 rings (SSSR count). The second-order valence-electron chi connectivity index (χ2n) is 8.88. The van der Waals surface area contributed by atoms with Crippen LogP contribution in [0, 0.1) is 0 Å². The van der Waals surface area contributed by atoms with Crippen molar-refractivity contribution in [3.8, 4) is 22.5 Å². The maximum atomic E-state index is 9.70. The molecular weight excluding hydrogens is 416 g/mol. The Morgan fingerprint density at radius 1 is 0.970 bits per heavy atom. The Balaban J connectivity index is 1.39. The van der Waals surface area contributed by atoms with Crippen molar-refractivity contribution in [3.63, 3.8) is 0 Å². The Labute approximate surface area is 193 Å². The molecule has 0 amide bonds. The average molecular weight is 449 g/mol. The third-order valence-electron chi connectivity index (χ3n) is 6.71. The summed E-state index contributed by atoms with van der Waals surface area (Å²) in [6.07, 6.45) is 15.3. The minimum Gasteiger partial charge on any atom is -0.393 e. The Morgan fingerprint density at radius 3 is 2.55 bits per heavy atom. The van der Waals surface area contributed by atoms with Gasteiger partial charge in [-0.15, -0.1) is 0 Å². The van der Waals surface area contributed by atoms with Gasteiger partial charge in [-0.25, -0.2) is 9.50 Å². The highest BCUT2D eigenvalue weighted by Crippen LogP contribution is 2.28. The molecule has 0 aromatic carbocycles. The number of rotatable bonds is 8. The molecule has 5 heterocycles. The summed E-state index contributed by atoms with van der Waals surface area (Å²) in [5.41, 5.74) is 4.64. The molecular formula is C24H32N8O. The molecule has 174 valence electrons. The fourth-order valence-electron chi connectivity index (χ4n) is 4.61. The van der Waals surface area contributed by atoms with E-state index in [2.05, 4.69) is 40.2 Å². The molecule has 1 aliphatic rings. The van der Waals surface area contributed by atoms with Crippen molar-refractivity contribution in [2.24, 2.45) is 0 Å². The molecule has 0 atom stereocenters. The van der Waals surface area contributed by atoms with Crippen LogP contribution in [-0.2, 0) is 6.54 Å². The second kappa shape index (κ2) is 9.44. The zero-order chi connectivity index (χ0) is 22.8. The molecule has 0 aliphatic carbocycles. The van der Waals surface area contributed by atoms with E-state index in [0.717, 1.165) is 79.9 Å². The fraction of sp³-hybridized carbons (Fsp3) is 0.500. The van der Waals surface area contributed by atoms with Crippen molar-refractivity contribution in [2.75, 3.05) is 19.6 Å². The molecule has 0 bridgehead atoms. The number of hydrogen-bond donors (Lipinski definition) is 1. The zero-order valence-corrected chi connectivity index (χ0v) is 19.4. The van der Waals surface area contributed by atoms with Gasteiger partial charge in [0.05, 0.1) is 60.4 Å². The Bertz CT molecular complexity index is 1200. The molecule has 1 saturated heterocycles. The summed E-state index contributed by atoms with van der Waals surface area (Å²) in [5, 5.41) is 23.3. The average Bonchev–Trinajstić information content (AvgIpc) is 3.59. The van der Waals surface area contributed by atoms with Crippen molar-refractivity contribution in [1.29, 1.82) is 0 Å². The van der Waals surface area contributed by atoms with E-state index in [1.54, 1.807) is 6.20 Å². The smallest absolute Gasteiger partial charge is 0.0999 e. The highest BCUT2D eigenvalue weighted by molar-refractivity contribution is 5.78. The van der Waals surface area contributed by atoms with E-state index in [-0.39, 0.29) is 6.10 Å². The quantitative estimate of drug-likeness (QED) is 0.445. The van der Waals surface area contributed by atoms with Crippen LogP contribution in [0.3, 0.4) is 0 Å². The number of aromatic nitrogens is 7. The Hall–Kier alpha value is -3.04. The van der Waals surface area contributed by atoms with Gasteiger partial charge < -0.3 is 10.0 Å². The lowest BCUT2D eigenvalue weighted by Crippen LogP contribution is -2.37. The minimum atomic E-state index is -0.142. The number of hydrogen-bond acceptors (Lipinski definition) is 6. The monoisotopic (exact) mass is 448 g/mol. The predicted octanol–water partition coefficient (Wildman–Crippen LogP) is 3.27. The first-order valence-corrected chi connectivity index (χ1v) is 12.0. The summed E-state index contributed by atoms with van der Waals surface area (Å²) in [6, 6.07) is 2.38. The number of nitrogens with zero attached hydrogens (tertiary/aromatic N) is 8. The third kappa shape index (κ3) is 4.56. The maximum absolute atomic E-state index is 9.70. The van der Waals surface area contributed by atoms with Crippen molar-refractivity contribution < 1.29 is 5.11 Å². The number of aliphatic hydroxyl groups is 1. The molecule has 0 radical (unpaired) electrons. The van der Waals surface area contributed by atoms with Crippen LogP contribution < -0.4 is 0 Å². The minimum absolute atomic E-state index is 0.142. The molecule has 0 spiro atoms. The van der Waals surface area contributed by atoms with Gasteiger partial charge in [-0.05, 0) is 31.7 Å². The first-order chi connectivity index (χ1) is 16.1. The van der Waals surface area contributed by atoms with Crippen LogP contribution in [0.2, 0.25) is 0 Å². The molecule has 9 heteroatoms. The van der Waals surface area contributed by atoms with Crippen molar-refractivity contribution in [2.45, 2.75) is 58.2 Å². The van der Waals surface area contributed by atoms with Crippen molar-refractivity contribution >= 4 is 5.52 Å². The van der Waals surface area contributed by atoms with Crippen LogP contribution in [-0.4, -0.2) is 69.9 Å². The summed E-state index contributed by atoms with van der Waals surface area (Å²) in [7, 11) is 0. The van der Waals surface area contributed by atoms with Crippen LogP contribution in [0.4, 0.5) is 0 Å². The van der Waals surface area contributed by atoms with E-state index >= 15 is 0 Å². The maximum Gasteiger partial charge on any atom is 0.0999 e. The van der Waals surface area contributed by atoms with Gasteiger partial charge in [0, 0.05) is 43.2 Å². The first-order valence-electron chi connectivity index (χ1n) is 12.0. The van der Waals surface area contributed by atoms with Crippen LogP contribution >= 0.6 is 0 Å². The Kier molecular flexibility index (Phi) is 6.24. The van der Waals surface area contributed by atoms with Gasteiger partial charge in [0.15, 0.2) is 0 Å². The lowest BCUT2D eigenvalue weighted by Gasteiger charge is -2.29. The van der Waals surface area contributed by atoms with E-state index in [4.69, 9.17) is 4.98 Å². The zero-order valence-electron chi connectivity index (χ0n) is 19.4. The first kappa shape index (κ1) is 21.8. The highest BCUT2D eigenvalue weighted by atomic mass is 16.3. The van der Waals surface area contributed by atoms with Gasteiger partial charge in [0.2, 0.25) is 0 Å². The molecule has 4 aromatic rings. The molecule has 4 aromatic heterocycles. The van der Waals surface area contributed by atoms with Crippen LogP contribution in [0.1, 0.15) is 45.6 Å². The molecule has 0 saturated carbocycles. The van der Waals surface area contributed by atoms with Crippen LogP contribution in [0.15, 0.2) is 43.2 Å². The SMILES string of the molecule is CCC(CC)n1cc(-c2nc(-c3cnn(CCN4CCC(O)CC4)c3)cn3nccc23)cn1. The lowest BCUT2D eigenvalue weighted by molar-refractivity contribution is 0.0805. The largest absolute Gasteiger partial charge is 0.393 e. The highest BCUT2D eigenvalue weighted by Gasteiger charge is 2.18. The second-order valence-corrected chi connectivity index (χ2v) is 8.88. The normalized spacial score (nSPS) is 15.8. The van der Waals surface area contributed by atoms with Gasteiger partial charge in [-0.2, -0.15) is 15.3 Å². The van der Waals surface area contributed by atoms with Gasteiger partial charge in [0.25, 0.3) is 0 Å². The standard InChI is InChI=1S/C24H32N8O/c1-3-20(4-2)31-16-19(14-27-31)24-23-5-8-25-32(23)17-22(28-24)18-13-26-30(15-18)12-11-29-9-6-21(33)7-10-29/h5,8,13-17,20-21,33H,3-4,6-7,9-12H2,1-2H3. The van der Waals surface area contributed by atoms with Crippen LogP contribution in [0.25, 0.3) is 28.0 Å². The van der Waals surface area contributed by atoms with Gasteiger partial charge in [-0.1, -0.05) is 13.8 Å². The van der Waals surface area contributed by atoms with Crippen molar-refractivity contribution in [1.82, 2.24) is 39.1 Å². The summed E-state index contributed by atoms with van der Waals surface area (Å²) < 4.78 is 5.90. The molecule has 1 aliphatic heterocycles. The number of likely N-dealkylation sites (tertiary alicyclic amines) is 1. The number of piperidine rings is 1. The lowest BCUT2D eigenvalue weighted by atomic mass is 10.1. The summed E-state index contributed by atoms with van der Waals surface area (Å²) in [4.78, 5) is 7.39. The van der Waals surface area contributed by atoms with E-state index in [1.807, 2.05) is 44.7 Å². The van der Waals surface area contributed by atoms with E-state index in [0.29, 0.717) is 6.04 Å². The topological polar surface area (TPSA) is 89.3 Å². The van der Waals surface area contributed by atoms with Crippen molar-refractivity contribution in [3.05, 3.63) is 43.2 Å².